The Balaban J connectivity index is 2.56. The zero-order valence-electron chi connectivity index (χ0n) is 11.3. The van der Waals surface area contributed by atoms with E-state index < -0.39 is 52.1 Å². The van der Waals surface area contributed by atoms with Gasteiger partial charge >= 0.3 is 52.1 Å². The lowest BCUT2D eigenvalue weighted by Crippen LogP contribution is -2.69. The van der Waals surface area contributed by atoms with Gasteiger partial charge in [-0.05, 0) is 0 Å². The molecule has 2 unspecified atom stereocenters. The molecule has 0 aromatic heterocycles. The van der Waals surface area contributed by atoms with Gasteiger partial charge in [-0.3, -0.25) is 0 Å². The molecular formula is Cl12O8Si7. The minimum atomic E-state index is -4.68. The Morgan fingerprint density at radius 3 is 0.667 bits per heavy atom. The zero-order chi connectivity index (χ0) is 21.2. The molecular weight excluding hydrogens is 750 g/mol. The molecule has 27 heavy (non-hydrogen) atoms. The van der Waals surface area contributed by atoms with Crippen LogP contribution in [-0.2, 0) is 32.9 Å². The first-order valence-corrected chi connectivity index (χ1v) is 30.2. The molecule has 2 aliphatic heterocycles. The summed E-state index contributed by atoms with van der Waals surface area (Å²) >= 11 is 71.9. The fraction of sp³-hybridized carbons (Fsp3) is 0. The van der Waals surface area contributed by atoms with Gasteiger partial charge < -0.3 is 32.9 Å². The molecule has 8 nitrogen and oxygen atoms in total. The lowest BCUT2D eigenvalue weighted by Gasteiger charge is -2.43. The third-order valence-electron chi connectivity index (χ3n) is 1.92. The Hall–Kier alpha value is 4.68. The molecule has 27 heteroatoms. The first-order chi connectivity index (χ1) is 11.7. The topological polar surface area (TPSA) is 73.8 Å². The van der Waals surface area contributed by atoms with E-state index in [4.69, 9.17) is 166 Å². The monoisotopic (exact) mass is 743 g/mol. The maximum atomic E-state index is 6.20. The van der Waals surface area contributed by atoms with Crippen molar-refractivity contribution in [3.8, 4) is 0 Å². The molecule has 0 spiro atoms. The molecule has 0 aromatic rings. The summed E-state index contributed by atoms with van der Waals surface area (Å²) in [4.78, 5) is 0. The van der Waals surface area contributed by atoms with Crippen LogP contribution in [0.1, 0.15) is 0 Å². The van der Waals surface area contributed by atoms with Gasteiger partial charge in [0.1, 0.15) is 0 Å². The van der Waals surface area contributed by atoms with Crippen LogP contribution in [0.3, 0.4) is 0 Å². The lowest BCUT2D eigenvalue weighted by atomic mass is 15.6. The number of halogens is 12. The lowest BCUT2D eigenvalue weighted by molar-refractivity contribution is 0.164. The maximum absolute atomic E-state index is 6.20. The van der Waals surface area contributed by atoms with Crippen LogP contribution in [0, 0.1) is 0 Å². The van der Waals surface area contributed by atoms with Crippen molar-refractivity contribution in [2.45, 2.75) is 0 Å². The average molecular weight is 750 g/mol. The second kappa shape index (κ2) is 9.04. The Bertz CT molecular complexity index is 537. The van der Waals surface area contributed by atoms with Gasteiger partial charge in [-0.25, -0.2) is 0 Å². The highest BCUT2D eigenvalue weighted by Gasteiger charge is 2.72. The van der Waals surface area contributed by atoms with Crippen molar-refractivity contribution >= 4 is 185 Å². The molecule has 2 heterocycles. The van der Waals surface area contributed by atoms with Gasteiger partial charge in [-0.2, -0.15) is 0 Å². The SMILES string of the molecule is Cl[Si]1(Cl)O[Si](Cl)(Cl)O[Si]2(Cl)O[Si](Cl)(Cl)O[Si](Cl)(Cl)O[Si](Cl)(O[Si](Cl)(Cl)O1)O2. The molecule has 2 saturated heterocycles. The molecule has 2 fully saturated rings. The van der Waals surface area contributed by atoms with Crippen molar-refractivity contribution in [1.29, 1.82) is 0 Å². The average Bonchev–Trinajstić information content (AvgIpc) is 2.11. The highest BCUT2D eigenvalue weighted by Crippen LogP contribution is 2.46. The number of hydrogen-bond donors (Lipinski definition) is 0. The van der Waals surface area contributed by atoms with Gasteiger partial charge in [0.15, 0.2) is 0 Å². The van der Waals surface area contributed by atoms with Crippen molar-refractivity contribution < 1.29 is 32.9 Å². The van der Waals surface area contributed by atoms with E-state index >= 15 is 0 Å². The molecule has 0 radical (unpaired) electrons. The van der Waals surface area contributed by atoms with E-state index in [0.29, 0.717) is 0 Å². The van der Waals surface area contributed by atoms with Gasteiger partial charge in [-0.15, -0.1) is 0 Å². The summed E-state index contributed by atoms with van der Waals surface area (Å²) < 4.78 is 41.3. The Morgan fingerprint density at radius 2 is 0.444 bits per heavy atom. The van der Waals surface area contributed by atoms with Gasteiger partial charge in [0, 0.05) is 0 Å². The van der Waals surface area contributed by atoms with Crippen molar-refractivity contribution in [1.82, 2.24) is 0 Å². The van der Waals surface area contributed by atoms with Crippen molar-refractivity contribution in [3.63, 3.8) is 0 Å². The van der Waals surface area contributed by atoms with Gasteiger partial charge in [-0.1, -0.05) is 133 Å². The summed E-state index contributed by atoms with van der Waals surface area (Å²) in [6, 6.07) is 0. The van der Waals surface area contributed by atoms with Crippen LogP contribution in [0.15, 0.2) is 0 Å². The summed E-state index contributed by atoms with van der Waals surface area (Å²) in [6.45, 7) is 0. The first kappa shape index (κ1) is 27.9. The van der Waals surface area contributed by atoms with E-state index in [1.54, 1.807) is 0 Å². The summed E-state index contributed by atoms with van der Waals surface area (Å²) in [5.41, 5.74) is 0. The van der Waals surface area contributed by atoms with Crippen LogP contribution in [0.5, 0.6) is 0 Å². The molecule has 2 aliphatic rings. The molecule has 0 saturated carbocycles. The van der Waals surface area contributed by atoms with E-state index in [9.17, 15) is 0 Å². The first-order valence-electron chi connectivity index (χ1n) is 5.53. The minimum absolute atomic E-state index is 4.28. The van der Waals surface area contributed by atoms with Crippen LogP contribution in [0.25, 0.3) is 0 Å². The molecule has 2 bridgehead atoms. The predicted octanol–water partition coefficient (Wildman–Crippen LogP) is 5.06. The van der Waals surface area contributed by atoms with Crippen LogP contribution in [0.4, 0.5) is 0 Å². The quantitative estimate of drug-likeness (QED) is 0.252. The fourth-order valence-corrected chi connectivity index (χ4v) is 48.6. The zero-order valence-corrected chi connectivity index (χ0v) is 27.4. The smallest absolute Gasteiger partial charge is 0.368 e. The van der Waals surface area contributed by atoms with Crippen molar-refractivity contribution in [2.75, 3.05) is 0 Å². The van der Waals surface area contributed by atoms with Gasteiger partial charge in [0.2, 0.25) is 0 Å². The highest BCUT2D eigenvalue weighted by molar-refractivity contribution is 7.54. The van der Waals surface area contributed by atoms with Crippen molar-refractivity contribution in [3.05, 3.63) is 0 Å². The van der Waals surface area contributed by atoms with E-state index in [0.717, 1.165) is 0 Å². The third kappa shape index (κ3) is 9.09. The normalized spacial score (nSPS) is 40.4. The largest absolute Gasteiger partial charge is 0.592 e. The standard InChI is InChI=1S/Cl12O8Si7/c1-21(2)13-22(3,4)16-26(11)18-24(7,8)15-25(9,10)19-27(12,20-26)17-23(5,6)14-21. The second-order valence-electron chi connectivity index (χ2n) is 4.10. The molecule has 2 rings (SSSR count). The predicted molar refractivity (Wildman–Crippen MR) is 119 cm³/mol. The Kier molecular flexibility index (Phi) is 9.35. The van der Waals surface area contributed by atoms with E-state index in [2.05, 4.69) is 0 Å². The molecule has 0 N–H and O–H groups in total. The van der Waals surface area contributed by atoms with Gasteiger partial charge in [0.25, 0.3) is 0 Å². The Morgan fingerprint density at radius 1 is 0.259 bits per heavy atom. The summed E-state index contributed by atoms with van der Waals surface area (Å²) in [5.74, 6) is 0. The molecule has 160 valence electrons. The summed E-state index contributed by atoms with van der Waals surface area (Å²) in [6.07, 6.45) is 0. The minimum Gasteiger partial charge on any atom is -0.368 e. The number of rotatable bonds is 0. The van der Waals surface area contributed by atoms with Crippen molar-refractivity contribution in [2.24, 2.45) is 0 Å². The van der Waals surface area contributed by atoms with Crippen LogP contribution in [0.2, 0.25) is 0 Å². The molecule has 2 atom stereocenters. The van der Waals surface area contributed by atoms with Gasteiger partial charge in [0.05, 0.1) is 0 Å². The van der Waals surface area contributed by atoms with Crippen LogP contribution >= 0.6 is 133 Å². The molecule has 0 amide bonds. The molecule has 0 aromatic carbocycles. The van der Waals surface area contributed by atoms with E-state index in [1.165, 1.54) is 0 Å². The van der Waals surface area contributed by atoms with E-state index in [-0.39, 0.29) is 0 Å². The molecule has 0 aliphatic carbocycles. The number of fused-ring (bicyclic) bond motifs is 2. The fourth-order valence-electron chi connectivity index (χ4n) is 1.36. The highest BCUT2D eigenvalue weighted by atomic mass is 35.7. The number of hydrogen-bond acceptors (Lipinski definition) is 8. The van der Waals surface area contributed by atoms with Crippen LogP contribution in [-0.4, -0.2) is 52.1 Å². The Labute approximate surface area is 215 Å². The third-order valence-corrected chi connectivity index (χ3v) is 35.3. The maximum Gasteiger partial charge on any atom is 0.592 e. The van der Waals surface area contributed by atoms with Crippen LogP contribution < -0.4 is 0 Å². The summed E-state index contributed by atoms with van der Waals surface area (Å²) in [7, 11) is -31.0. The second-order valence-corrected chi connectivity index (χ2v) is 37.8. The van der Waals surface area contributed by atoms with E-state index in [1.807, 2.05) is 0 Å². The summed E-state index contributed by atoms with van der Waals surface area (Å²) in [5, 5.41) is 0.